The monoisotopic (exact) mass is 751 g/mol. The number of hydrogen-bond acceptors (Lipinski definition) is 14. The number of aliphatic hydroxyl groups is 3. The Bertz CT molecular complexity index is 1350. The molecule has 1 aliphatic heterocycles. The fourth-order valence-corrected chi connectivity index (χ4v) is 4.81. The van der Waals surface area contributed by atoms with Crippen molar-refractivity contribution in [1.29, 1.82) is 0 Å². The van der Waals surface area contributed by atoms with Crippen LogP contribution in [0.25, 0.3) is 11.1 Å². The van der Waals surface area contributed by atoms with Crippen molar-refractivity contribution >= 4 is 17.7 Å². The molecule has 17 nitrogen and oxygen atoms in total. The van der Waals surface area contributed by atoms with E-state index in [1.807, 2.05) is 18.2 Å². The lowest BCUT2D eigenvalue weighted by Gasteiger charge is -2.38. The van der Waals surface area contributed by atoms with Gasteiger partial charge < -0.3 is 69.6 Å². The predicted molar refractivity (Wildman–Crippen MR) is 189 cm³/mol. The van der Waals surface area contributed by atoms with E-state index in [4.69, 9.17) is 43.6 Å². The van der Waals surface area contributed by atoms with Gasteiger partial charge in [0, 0.05) is 25.1 Å². The van der Waals surface area contributed by atoms with Crippen molar-refractivity contribution in [1.82, 2.24) is 10.6 Å². The lowest BCUT2D eigenvalue weighted by molar-refractivity contribution is -0.294. The van der Waals surface area contributed by atoms with Crippen molar-refractivity contribution in [2.45, 2.75) is 44.1 Å². The summed E-state index contributed by atoms with van der Waals surface area (Å²) in [6.45, 7) is 5.41. The van der Waals surface area contributed by atoms with Gasteiger partial charge in [-0.15, -0.1) is 0 Å². The van der Waals surface area contributed by atoms with Gasteiger partial charge in [0.15, 0.2) is 12.9 Å². The van der Waals surface area contributed by atoms with Crippen LogP contribution in [0.3, 0.4) is 0 Å². The average Bonchev–Trinajstić information content (AvgIpc) is 3.16. The van der Waals surface area contributed by atoms with E-state index in [0.29, 0.717) is 70.7 Å². The molecule has 1 fully saturated rings. The fourth-order valence-electron chi connectivity index (χ4n) is 4.81. The molecule has 3 amide bonds. The zero-order valence-corrected chi connectivity index (χ0v) is 30.0. The van der Waals surface area contributed by atoms with Crippen molar-refractivity contribution in [2.75, 3.05) is 92.4 Å². The molecule has 17 heteroatoms. The van der Waals surface area contributed by atoms with Crippen molar-refractivity contribution < 1.29 is 67.6 Å². The van der Waals surface area contributed by atoms with Crippen LogP contribution in [0.15, 0.2) is 48.5 Å². The van der Waals surface area contributed by atoms with Gasteiger partial charge in [0.1, 0.15) is 24.1 Å². The number of carbonyl (C=O) groups is 3. The highest BCUT2D eigenvalue weighted by Crippen LogP contribution is 2.24. The minimum Gasteiger partial charge on any atom is -0.484 e. The molecule has 53 heavy (non-hydrogen) atoms. The molecule has 0 bridgehead atoms. The molecule has 0 saturated carbocycles. The fraction of sp³-hybridized carbons (Fsp3) is 0.583. The maximum absolute atomic E-state index is 12.1. The highest BCUT2D eigenvalue weighted by molar-refractivity contribution is 5.94. The first-order chi connectivity index (χ1) is 25.7. The third-order valence-electron chi connectivity index (χ3n) is 7.75. The minimum atomic E-state index is -1.36. The van der Waals surface area contributed by atoms with Gasteiger partial charge in [-0.2, -0.15) is 0 Å². The highest BCUT2D eigenvalue weighted by atomic mass is 16.7. The van der Waals surface area contributed by atoms with Crippen LogP contribution in [-0.2, 0) is 42.7 Å². The summed E-state index contributed by atoms with van der Waals surface area (Å²) in [5.74, 6) is -0.403. The van der Waals surface area contributed by atoms with E-state index in [2.05, 4.69) is 10.6 Å². The molecule has 0 aliphatic carbocycles. The third kappa shape index (κ3) is 17.3. The minimum absolute atomic E-state index is 0.0990. The van der Waals surface area contributed by atoms with Crippen molar-refractivity contribution in [3.8, 4) is 16.9 Å². The predicted octanol–water partition coefficient (Wildman–Crippen LogP) is -0.619. The highest BCUT2D eigenvalue weighted by Gasteiger charge is 2.42. The molecule has 7 N–H and O–H groups in total. The standard InChI is InChI=1S/C36H53N3O14/c1-25-32(42)33(43)34(44)36(53-25)51-22-21-48-13-10-38-30(40)9-12-46-15-17-49-19-20-50-18-16-47-14-11-39-31(41)24-52-29-7-5-26(6-8-29)27-3-2-4-28(23-27)35(37)45/h2-8,23,25,32-34,36,42-44H,9-22,24H2,1H3,(H2,37,45)(H,38,40)(H,39,41)/t25-,32-,33+,34+,36+/m0/s1. The van der Waals surface area contributed by atoms with Gasteiger partial charge in [0.25, 0.3) is 5.91 Å². The van der Waals surface area contributed by atoms with Gasteiger partial charge in [0.2, 0.25) is 11.8 Å². The SMILES string of the molecule is C[C@@H]1O[C@@H](OCCOCCNC(=O)CCOCCOCCOCCOCCNC(=O)COc2ccc(-c3cccc(C(N)=O)c3)cc2)[C@H](O)[C@H](O)[C@H]1O. The molecule has 0 unspecified atom stereocenters. The molecule has 296 valence electrons. The number of rotatable bonds is 27. The van der Waals surface area contributed by atoms with Crippen LogP contribution in [0.4, 0.5) is 0 Å². The van der Waals surface area contributed by atoms with Crippen LogP contribution < -0.4 is 21.1 Å². The van der Waals surface area contributed by atoms with Gasteiger partial charge in [-0.1, -0.05) is 24.3 Å². The number of amides is 3. The van der Waals surface area contributed by atoms with E-state index in [1.54, 1.807) is 37.3 Å². The van der Waals surface area contributed by atoms with Crippen molar-refractivity contribution in [3.63, 3.8) is 0 Å². The summed E-state index contributed by atoms with van der Waals surface area (Å²) in [7, 11) is 0. The molecule has 2 aromatic carbocycles. The average molecular weight is 752 g/mol. The van der Waals surface area contributed by atoms with Crippen LogP contribution in [0.2, 0.25) is 0 Å². The van der Waals surface area contributed by atoms with E-state index in [-0.39, 0.29) is 51.3 Å². The third-order valence-corrected chi connectivity index (χ3v) is 7.75. The summed E-state index contributed by atoms with van der Waals surface area (Å²) in [4.78, 5) is 35.4. The lowest BCUT2D eigenvalue weighted by Crippen LogP contribution is -2.57. The summed E-state index contributed by atoms with van der Waals surface area (Å²) in [5.41, 5.74) is 7.52. The topological polar surface area (TPSA) is 236 Å². The quantitative estimate of drug-likeness (QED) is 0.0625. The van der Waals surface area contributed by atoms with Crippen LogP contribution in [-0.4, -0.2) is 156 Å². The van der Waals surface area contributed by atoms with Crippen LogP contribution in [0.1, 0.15) is 23.7 Å². The number of benzene rings is 2. The summed E-state index contributed by atoms with van der Waals surface area (Å²) in [5, 5.41) is 34.8. The Kier molecular flexibility index (Phi) is 20.8. The van der Waals surface area contributed by atoms with Crippen LogP contribution >= 0.6 is 0 Å². The van der Waals surface area contributed by atoms with Gasteiger partial charge in [-0.3, -0.25) is 14.4 Å². The summed E-state index contributed by atoms with van der Waals surface area (Å²) in [6.07, 6.45) is -5.46. The van der Waals surface area contributed by atoms with Gasteiger partial charge in [0.05, 0.1) is 78.8 Å². The molecule has 3 rings (SSSR count). The Hall–Kier alpha value is -3.75. The largest absolute Gasteiger partial charge is 0.484 e. The molecular formula is C36H53N3O14. The number of aliphatic hydroxyl groups excluding tert-OH is 3. The summed E-state index contributed by atoms with van der Waals surface area (Å²) >= 11 is 0. The summed E-state index contributed by atoms with van der Waals surface area (Å²) < 4.78 is 43.4. The smallest absolute Gasteiger partial charge is 0.258 e. The maximum atomic E-state index is 12.1. The first-order valence-electron chi connectivity index (χ1n) is 17.5. The second-order valence-corrected chi connectivity index (χ2v) is 11.8. The van der Waals surface area contributed by atoms with Crippen molar-refractivity contribution in [2.24, 2.45) is 5.73 Å². The first kappa shape index (κ1) is 43.7. The Morgan fingerprint density at radius 2 is 1.25 bits per heavy atom. The molecule has 1 heterocycles. The van der Waals surface area contributed by atoms with Gasteiger partial charge in [-0.05, 0) is 42.3 Å². The number of hydrogen-bond donors (Lipinski definition) is 6. The van der Waals surface area contributed by atoms with E-state index in [1.165, 1.54) is 0 Å². The Labute approximate surface area is 308 Å². The number of primary amides is 1. The molecule has 0 aromatic heterocycles. The Morgan fingerprint density at radius 3 is 1.87 bits per heavy atom. The Balaban J connectivity index is 1.03. The normalized spacial score (nSPS) is 19.8. The Morgan fingerprint density at radius 1 is 0.679 bits per heavy atom. The van der Waals surface area contributed by atoms with E-state index in [0.717, 1.165) is 11.1 Å². The van der Waals surface area contributed by atoms with E-state index >= 15 is 0 Å². The van der Waals surface area contributed by atoms with Crippen molar-refractivity contribution in [3.05, 3.63) is 54.1 Å². The van der Waals surface area contributed by atoms with Gasteiger partial charge in [-0.25, -0.2) is 0 Å². The molecular weight excluding hydrogens is 698 g/mol. The number of carbonyl (C=O) groups excluding carboxylic acids is 3. The zero-order chi connectivity index (χ0) is 38.3. The number of nitrogens with two attached hydrogens (primary N) is 1. The second kappa shape index (κ2) is 25.3. The van der Waals surface area contributed by atoms with Crippen LogP contribution in [0.5, 0.6) is 5.75 Å². The number of ether oxygens (including phenoxy) is 8. The van der Waals surface area contributed by atoms with E-state index < -0.39 is 36.6 Å². The second-order valence-electron chi connectivity index (χ2n) is 11.8. The number of nitrogens with one attached hydrogen (secondary N) is 2. The lowest BCUT2D eigenvalue weighted by atomic mass is 10.0. The maximum Gasteiger partial charge on any atom is 0.258 e. The summed E-state index contributed by atoms with van der Waals surface area (Å²) in [6, 6.07) is 14.2. The van der Waals surface area contributed by atoms with E-state index in [9.17, 15) is 29.7 Å². The molecule has 5 atom stereocenters. The molecule has 2 aromatic rings. The zero-order valence-electron chi connectivity index (χ0n) is 30.0. The molecule has 1 aliphatic rings. The molecule has 1 saturated heterocycles. The molecule has 0 spiro atoms. The van der Waals surface area contributed by atoms with Crippen LogP contribution in [0, 0.1) is 0 Å². The molecule has 0 radical (unpaired) electrons. The van der Waals surface area contributed by atoms with Gasteiger partial charge >= 0.3 is 0 Å². The first-order valence-corrected chi connectivity index (χ1v) is 17.5.